The summed E-state index contributed by atoms with van der Waals surface area (Å²) in [7, 11) is 1.52. The van der Waals surface area contributed by atoms with Crippen molar-refractivity contribution in [2.24, 2.45) is 17.8 Å². The zero-order valence-electron chi connectivity index (χ0n) is 34.2. The first-order valence-electron chi connectivity index (χ1n) is 20.2. The van der Waals surface area contributed by atoms with E-state index in [4.69, 9.17) is 26.3 Å². The second kappa shape index (κ2) is 14.2. The third-order valence-electron chi connectivity index (χ3n) is 13.2. The van der Waals surface area contributed by atoms with Crippen molar-refractivity contribution in [3.05, 3.63) is 67.8 Å². The highest BCUT2D eigenvalue weighted by Gasteiger charge is 2.50. The highest BCUT2D eigenvalue weighted by atomic mass is 35.5. The molecule has 4 aliphatic rings. The van der Waals surface area contributed by atoms with E-state index in [1.165, 1.54) is 41.6 Å². The lowest BCUT2D eigenvalue weighted by Crippen LogP contribution is -2.35. The molecule has 10 nitrogen and oxygen atoms in total. The van der Waals surface area contributed by atoms with Crippen molar-refractivity contribution in [1.29, 1.82) is 0 Å². The first-order valence-corrected chi connectivity index (χ1v) is 22.2. The Bertz CT molecular complexity index is 2210. The Morgan fingerprint density at radius 2 is 1.42 bits per heavy atom. The van der Waals surface area contributed by atoms with E-state index in [1.807, 2.05) is 12.1 Å². The molecule has 3 unspecified atom stereocenters. The summed E-state index contributed by atoms with van der Waals surface area (Å²) >= 11 is 10.1. The van der Waals surface area contributed by atoms with Crippen LogP contribution in [0.2, 0.25) is 5.02 Å². The number of aromatic nitrogens is 3. The highest BCUT2D eigenvalue weighted by Crippen LogP contribution is 2.57. The molecule has 304 valence electrons. The molecule has 0 spiro atoms. The minimum absolute atomic E-state index is 0.0101. The van der Waals surface area contributed by atoms with Crippen molar-refractivity contribution in [3.63, 3.8) is 0 Å². The molecule has 0 saturated heterocycles. The van der Waals surface area contributed by atoms with Crippen molar-refractivity contribution in [2.45, 2.75) is 121 Å². The maximum Gasteiger partial charge on any atom is 0.339 e. The number of fused-ring (bicyclic) bond motifs is 2. The average Bonchev–Trinajstić information content (AvgIpc) is 4.00. The molecule has 3 aromatic heterocycles. The fraction of sp³-hybridized carbons (Fsp3) is 0.568. The van der Waals surface area contributed by atoms with E-state index in [9.17, 15) is 19.8 Å². The normalized spacial score (nSPS) is 23.9. The van der Waals surface area contributed by atoms with Gasteiger partial charge in [0.05, 0.1) is 29.1 Å². The van der Waals surface area contributed by atoms with Crippen LogP contribution in [0.4, 0.5) is 21.8 Å². The van der Waals surface area contributed by atoms with Gasteiger partial charge in [0, 0.05) is 68.5 Å². The van der Waals surface area contributed by atoms with Gasteiger partial charge in [-0.15, -0.1) is 22.7 Å². The number of ether oxygens (including phenoxy) is 1. The maximum absolute atomic E-state index is 11.9. The lowest BCUT2D eigenvalue weighted by atomic mass is 9.66. The molecule has 0 amide bonds. The number of hydrogen-bond acceptors (Lipinski definition) is 10. The minimum Gasteiger partial charge on any atom is -0.496 e. The second-order valence-corrected chi connectivity index (χ2v) is 21.6. The van der Waals surface area contributed by atoms with Crippen LogP contribution in [0.1, 0.15) is 142 Å². The van der Waals surface area contributed by atoms with Gasteiger partial charge in [-0.05, 0) is 81.3 Å². The Labute approximate surface area is 348 Å². The number of hydrogen-bond donors (Lipinski definition) is 2. The number of methoxy groups -OCH3 is 1. The van der Waals surface area contributed by atoms with Gasteiger partial charge in [-0.1, -0.05) is 60.1 Å². The van der Waals surface area contributed by atoms with Gasteiger partial charge in [0.25, 0.3) is 0 Å². The molecule has 2 fully saturated rings. The summed E-state index contributed by atoms with van der Waals surface area (Å²) in [6.45, 7) is 17.8. The molecule has 0 radical (unpaired) electrons. The van der Waals surface area contributed by atoms with Crippen LogP contribution < -0.4 is 14.5 Å². The number of rotatable bonds is 13. The largest absolute Gasteiger partial charge is 0.496 e. The number of pyridine rings is 1. The number of benzene rings is 1. The SMILES string of the molecule is COc1cc(N(CC2CC2)c2nc3c(s2)C(C)(C)CCC3(C)CC2CC2CN(c2cc(Cl)c(C(=O)O)cn2)c2nc3c(s2)C(C)(C)CCC3(C)C)ccc1C(=O)O. The Hall–Kier alpha value is -3.74. The van der Waals surface area contributed by atoms with Gasteiger partial charge in [-0.2, -0.15) is 0 Å². The first-order chi connectivity index (χ1) is 26.8. The Morgan fingerprint density at radius 3 is 2.04 bits per heavy atom. The Morgan fingerprint density at radius 1 is 0.807 bits per heavy atom. The molecule has 8 rings (SSSR count). The predicted octanol–water partition coefficient (Wildman–Crippen LogP) is 11.1. The van der Waals surface area contributed by atoms with Gasteiger partial charge >= 0.3 is 11.9 Å². The number of nitrogens with zero attached hydrogens (tertiary/aromatic N) is 5. The summed E-state index contributed by atoms with van der Waals surface area (Å²) in [5.41, 5.74) is 3.24. The third-order valence-corrected chi connectivity index (χ3v) is 16.4. The molecule has 4 aromatic rings. The average molecular weight is 833 g/mol. The quantitative estimate of drug-likeness (QED) is 0.134. The van der Waals surface area contributed by atoms with E-state index in [1.54, 1.807) is 34.8 Å². The number of carbonyl (C=O) groups is 2. The summed E-state index contributed by atoms with van der Waals surface area (Å²) < 4.78 is 5.54. The van der Waals surface area contributed by atoms with Gasteiger partial charge in [-0.3, -0.25) is 0 Å². The van der Waals surface area contributed by atoms with Crippen molar-refractivity contribution < 1.29 is 24.5 Å². The predicted molar refractivity (Wildman–Crippen MR) is 228 cm³/mol. The van der Waals surface area contributed by atoms with Crippen molar-refractivity contribution >= 4 is 68.0 Å². The molecule has 2 saturated carbocycles. The van der Waals surface area contributed by atoms with Gasteiger partial charge in [0.15, 0.2) is 10.3 Å². The third kappa shape index (κ3) is 7.55. The van der Waals surface area contributed by atoms with Gasteiger partial charge in [-0.25, -0.2) is 24.5 Å². The molecule has 57 heavy (non-hydrogen) atoms. The summed E-state index contributed by atoms with van der Waals surface area (Å²) in [4.78, 5) is 46.4. The van der Waals surface area contributed by atoms with Crippen LogP contribution in [0.15, 0.2) is 30.5 Å². The molecule has 4 aliphatic carbocycles. The maximum atomic E-state index is 11.9. The topological polar surface area (TPSA) is 129 Å². The van der Waals surface area contributed by atoms with Crippen LogP contribution in [0.3, 0.4) is 0 Å². The summed E-state index contributed by atoms with van der Waals surface area (Å²) in [5.74, 6) is 0.317. The molecule has 3 atom stereocenters. The molecule has 3 heterocycles. The molecule has 1 aromatic carbocycles. The first kappa shape index (κ1) is 40.1. The molecule has 13 heteroatoms. The van der Waals surface area contributed by atoms with Crippen LogP contribution in [0.5, 0.6) is 5.75 Å². The summed E-state index contributed by atoms with van der Waals surface area (Å²) in [6, 6.07) is 7.05. The van der Waals surface area contributed by atoms with E-state index >= 15 is 0 Å². The molecule has 0 aliphatic heterocycles. The van der Waals surface area contributed by atoms with E-state index in [0.29, 0.717) is 35.9 Å². The molecular formula is C44H54ClN5O5S2. The van der Waals surface area contributed by atoms with Crippen LogP contribution in [0.25, 0.3) is 0 Å². The fourth-order valence-corrected chi connectivity index (χ4v) is 12.0. The molecule has 2 N–H and O–H groups in total. The Balaban J connectivity index is 1.09. The smallest absolute Gasteiger partial charge is 0.339 e. The van der Waals surface area contributed by atoms with E-state index in [-0.39, 0.29) is 37.8 Å². The van der Waals surface area contributed by atoms with E-state index in [2.05, 4.69) is 63.2 Å². The van der Waals surface area contributed by atoms with Crippen molar-refractivity contribution in [2.75, 3.05) is 30.0 Å². The van der Waals surface area contributed by atoms with Gasteiger partial charge < -0.3 is 24.7 Å². The van der Waals surface area contributed by atoms with Crippen molar-refractivity contribution in [1.82, 2.24) is 15.0 Å². The van der Waals surface area contributed by atoms with Gasteiger partial charge in [0.1, 0.15) is 17.1 Å². The standard InChI is InChI=1S/C44H54ClN5O5S2/c1-41(2)13-14-42(3,4)35-33(41)47-40(56-35)50(32-19-30(45)29(21-46-32)38(53)54)23-26-17-25(26)20-44(7)16-15-43(5,6)36-34(44)48-39(57-36)49(22-24-9-10-24)27-11-12-28(37(51)52)31(18-27)55-8/h11-12,18-19,21,24-26H,9-10,13-17,20,22-23H2,1-8H3,(H,51,52)(H,53,54). The number of aromatic carboxylic acids is 2. The second-order valence-electron chi connectivity index (χ2n) is 19.2. The summed E-state index contributed by atoms with van der Waals surface area (Å²) in [5, 5.41) is 21.5. The number of carboxylic acids is 2. The molecule has 0 bridgehead atoms. The van der Waals surface area contributed by atoms with Crippen LogP contribution in [0, 0.1) is 17.8 Å². The number of carboxylic acid groups (broad SMARTS) is 2. The van der Waals surface area contributed by atoms with Crippen LogP contribution in [-0.4, -0.2) is 57.3 Å². The zero-order chi connectivity index (χ0) is 40.8. The minimum atomic E-state index is -1.10. The fourth-order valence-electron chi connectivity index (χ4n) is 8.98. The number of halogens is 1. The van der Waals surface area contributed by atoms with Gasteiger partial charge in [0.2, 0.25) is 0 Å². The van der Waals surface area contributed by atoms with Crippen LogP contribution in [-0.2, 0) is 21.7 Å². The summed E-state index contributed by atoms with van der Waals surface area (Å²) in [6.07, 6.45) is 10.1. The van der Waals surface area contributed by atoms with E-state index < -0.39 is 11.9 Å². The number of anilines is 4. The van der Waals surface area contributed by atoms with E-state index in [0.717, 1.165) is 66.7 Å². The molecular weight excluding hydrogens is 778 g/mol. The Kier molecular flexibility index (Phi) is 9.99. The highest BCUT2D eigenvalue weighted by molar-refractivity contribution is 7.16. The zero-order valence-corrected chi connectivity index (χ0v) is 36.6. The lowest BCUT2D eigenvalue weighted by molar-refractivity contribution is 0.0684. The number of thiazole rings is 2. The van der Waals surface area contributed by atoms with Crippen molar-refractivity contribution in [3.8, 4) is 5.75 Å². The lowest BCUT2D eigenvalue weighted by Gasteiger charge is -2.40. The monoisotopic (exact) mass is 831 g/mol. The van der Waals surface area contributed by atoms with Crippen LogP contribution >= 0.6 is 34.3 Å².